The van der Waals surface area contributed by atoms with Crippen LogP contribution in [0.3, 0.4) is 0 Å². The minimum atomic E-state index is 0.399. The highest BCUT2D eigenvalue weighted by molar-refractivity contribution is 5.39. The fourth-order valence-corrected chi connectivity index (χ4v) is 6.86. The Hall–Kier alpha value is -1.84. The Morgan fingerprint density at radius 2 is 1.82 bits per heavy atom. The van der Waals surface area contributed by atoms with Crippen LogP contribution < -0.4 is 4.74 Å². The summed E-state index contributed by atoms with van der Waals surface area (Å²) in [6.07, 6.45) is 14.8. The van der Waals surface area contributed by atoms with Crippen molar-refractivity contribution < 1.29 is 4.74 Å². The molecule has 0 radical (unpaired) electrons. The lowest BCUT2D eigenvalue weighted by Gasteiger charge is -2.50. The van der Waals surface area contributed by atoms with Gasteiger partial charge in [0.25, 0.3) is 0 Å². The van der Waals surface area contributed by atoms with E-state index < -0.39 is 0 Å². The molecule has 2 saturated heterocycles. The largest absolute Gasteiger partial charge is 0.497 e. The third-order valence-corrected chi connectivity index (χ3v) is 8.73. The maximum absolute atomic E-state index is 5.48. The number of nitrogens with zero attached hydrogens (tertiary/aromatic N) is 2. The van der Waals surface area contributed by atoms with E-state index in [2.05, 4.69) is 58.3 Å². The predicted octanol–water partition coefficient (Wildman–Crippen LogP) is 6.24. The second-order valence-electron chi connectivity index (χ2n) is 10.7. The minimum Gasteiger partial charge on any atom is -0.497 e. The topological polar surface area (TPSA) is 15.7 Å². The van der Waals surface area contributed by atoms with Gasteiger partial charge in [-0.15, -0.1) is 0 Å². The maximum Gasteiger partial charge on any atom is 0.119 e. The molecule has 2 unspecified atom stereocenters. The molecule has 0 aromatic heterocycles. The zero-order valence-corrected chi connectivity index (χ0v) is 20.6. The summed E-state index contributed by atoms with van der Waals surface area (Å²) in [7, 11) is 1.78. The summed E-state index contributed by atoms with van der Waals surface area (Å²) in [4.78, 5) is 5.68. The number of ether oxygens (including phenoxy) is 1. The average molecular weight is 447 g/mol. The Labute approximate surface area is 201 Å². The molecule has 5 rings (SSSR count). The van der Waals surface area contributed by atoms with Crippen LogP contribution in [0, 0.1) is 0 Å². The number of hydrogen-bond donors (Lipinski definition) is 0. The number of piperidine rings is 2. The first-order valence-corrected chi connectivity index (χ1v) is 13.4. The summed E-state index contributed by atoms with van der Waals surface area (Å²) in [6, 6.07) is 18.6. The molecule has 3 heteroatoms. The van der Waals surface area contributed by atoms with E-state index in [1.165, 1.54) is 101 Å². The lowest BCUT2D eigenvalue weighted by molar-refractivity contribution is 0.0290. The zero-order valence-electron chi connectivity index (χ0n) is 20.6. The van der Waals surface area contributed by atoms with Gasteiger partial charge in [-0.2, -0.15) is 0 Å². The molecule has 33 heavy (non-hydrogen) atoms. The molecule has 0 bridgehead atoms. The van der Waals surface area contributed by atoms with Crippen molar-refractivity contribution in [2.24, 2.45) is 0 Å². The first-order chi connectivity index (χ1) is 16.3. The van der Waals surface area contributed by atoms with Crippen LogP contribution in [0.2, 0.25) is 0 Å². The van der Waals surface area contributed by atoms with Crippen molar-refractivity contribution in [3.8, 4) is 5.75 Å². The molecule has 3 nitrogen and oxygen atoms in total. The van der Waals surface area contributed by atoms with Gasteiger partial charge >= 0.3 is 0 Å². The molecule has 2 aromatic rings. The van der Waals surface area contributed by atoms with E-state index in [9.17, 15) is 0 Å². The second kappa shape index (κ2) is 10.6. The highest BCUT2D eigenvalue weighted by atomic mass is 16.5. The van der Waals surface area contributed by atoms with E-state index in [4.69, 9.17) is 4.74 Å². The third-order valence-electron chi connectivity index (χ3n) is 8.73. The number of fused-ring (bicyclic) bond motifs is 1. The Morgan fingerprint density at radius 1 is 0.939 bits per heavy atom. The van der Waals surface area contributed by atoms with Crippen LogP contribution in [0.1, 0.15) is 74.5 Å². The summed E-state index contributed by atoms with van der Waals surface area (Å²) in [6.45, 7) is 4.97. The van der Waals surface area contributed by atoms with E-state index in [1.54, 1.807) is 12.7 Å². The minimum absolute atomic E-state index is 0.399. The molecule has 2 aliphatic heterocycles. The fraction of sp³-hybridized carbons (Fsp3) is 0.600. The molecule has 178 valence electrons. The predicted molar refractivity (Wildman–Crippen MR) is 137 cm³/mol. The van der Waals surface area contributed by atoms with Crippen molar-refractivity contribution in [1.29, 1.82) is 0 Å². The van der Waals surface area contributed by atoms with E-state index >= 15 is 0 Å². The quantitative estimate of drug-likeness (QED) is 0.500. The summed E-state index contributed by atoms with van der Waals surface area (Å²) in [5, 5.41) is 0. The number of methoxy groups -OCH3 is 1. The smallest absolute Gasteiger partial charge is 0.119 e. The summed E-state index contributed by atoms with van der Waals surface area (Å²) >= 11 is 0. The van der Waals surface area contributed by atoms with Crippen LogP contribution in [-0.4, -0.2) is 48.1 Å². The van der Waals surface area contributed by atoms with Gasteiger partial charge in [0, 0.05) is 18.1 Å². The van der Waals surface area contributed by atoms with Crippen molar-refractivity contribution in [2.75, 3.05) is 26.7 Å². The van der Waals surface area contributed by atoms with Gasteiger partial charge < -0.3 is 4.74 Å². The Kier molecular flexibility index (Phi) is 7.37. The van der Waals surface area contributed by atoms with Crippen LogP contribution in [0.25, 0.3) is 0 Å². The van der Waals surface area contributed by atoms with Gasteiger partial charge in [0.1, 0.15) is 5.75 Å². The van der Waals surface area contributed by atoms with E-state index in [0.717, 1.165) is 18.3 Å². The number of likely N-dealkylation sites (tertiary alicyclic amines) is 2. The van der Waals surface area contributed by atoms with Crippen molar-refractivity contribution >= 4 is 0 Å². The second-order valence-corrected chi connectivity index (χ2v) is 10.7. The Morgan fingerprint density at radius 3 is 2.70 bits per heavy atom. The molecule has 3 aliphatic rings. The molecule has 2 heterocycles. The molecule has 1 aliphatic carbocycles. The molecule has 2 aromatic carbocycles. The van der Waals surface area contributed by atoms with Crippen LogP contribution >= 0.6 is 0 Å². The van der Waals surface area contributed by atoms with Gasteiger partial charge in [-0.25, -0.2) is 0 Å². The van der Waals surface area contributed by atoms with Gasteiger partial charge in [0.15, 0.2) is 0 Å². The van der Waals surface area contributed by atoms with Crippen LogP contribution in [-0.2, 0) is 19.4 Å². The van der Waals surface area contributed by atoms with Crippen molar-refractivity contribution in [1.82, 2.24) is 9.80 Å². The molecule has 0 N–H and O–H groups in total. The number of aryl methyl sites for hydroxylation is 1. The van der Waals surface area contributed by atoms with Crippen LogP contribution in [0.15, 0.2) is 48.5 Å². The van der Waals surface area contributed by atoms with Crippen molar-refractivity contribution in [2.45, 2.75) is 88.8 Å². The average Bonchev–Trinajstić information content (AvgIpc) is 2.86. The molecular weight excluding hydrogens is 404 g/mol. The fourth-order valence-electron chi connectivity index (χ4n) is 6.86. The number of benzene rings is 2. The van der Waals surface area contributed by atoms with Gasteiger partial charge in [-0.05, 0) is 106 Å². The zero-order chi connectivity index (χ0) is 22.5. The number of rotatable bonds is 7. The lowest BCUT2D eigenvalue weighted by atomic mass is 9.72. The molecular formula is C30H42N2O. The van der Waals surface area contributed by atoms with Gasteiger partial charge in [-0.1, -0.05) is 49.2 Å². The Bertz CT molecular complexity index is 897. The SMILES string of the molecule is COc1ccc2c(c1)CCC1(CCCCN1CCCC1CCCCN1Cc1ccccc1)C2. The summed E-state index contributed by atoms with van der Waals surface area (Å²) in [5.74, 6) is 1.01. The highest BCUT2D eigenvalue weighted by Gasteiger charge is 2.41. The van der Waals surface area contributed by atoms with Crippen LogP contribution in [0.4, 0.5) is 0 Å². The summed E-state index contributed by atoms with van der Waals surface area (Å²) < 4.78 is 5.48. The molecule has 2 fully saturated rings. The lowest BCUT2D eigenvalue weighted by Crippen LogP contribution is -2.55. The monoisotopic (exact) mass is 446 g/mol. The van der Waals surface area contributed by atoms with Crippen LogP contribution in [0.5, 0.6) is 5.75 Å². The Balaban J connectivity index is 1.20. The first kappa shape index (κ1) is 22.9. The third kappa shape index (κ3) is 5.30. The van der Waals surface area contributed by atoms with Crippen molar-refractivity contribution in [3.05, 3.63) is 65.2 Å². The molecule has 2 atom stereocenters. The van der Waals surface area contributed by atoms with E-state index in [-0.39, 0.29) is 0 Å². The maximum atomic E-state index is 5.48. The molecule has 0 saturated carbocycles. The normalized spacial score (nSPS) is 26.3. The van der Waals surface area contributed by atoms with E-state index in [0.29, 0.717) is 5.54 Å². The van der Waals surface area contributed by atoms with Crippen molar-refractivity contribution in [3.63, 3.8) is 0 Å². The molecule has 0 amide bonds. The molecule has 1 spiro atoms. The van der Waals surface area contributed by atoms with E-state index in [1.807, 2.05) is 0 Å². The standard InChI is InChI=1S/C30H42N2O/c1-33-29-15-14-27-23-30(18-16-26(27)22-29)17-6-8-20-32(30)21-9-13-28-12-5-7-19-31(28)24-25-10-3-2-4-11-25/h2-4,10-11,14-15,22,28H,5-9,12-13,16-21,23-24H2,1H3. The van der Waals surface area contributed by atoms with Gasteiger partial charge in [-0.3, -0.25) is 9.80 Å². The number of hydrogen-bond acceptors (Lipinski definition) is 3. The van der Waals surface area contributed by atoms with Gasteiger partial charge in [0.05, 0.1) is 7.11 Å². The first-order valence-electron chi connectivity index (χ1n) is 13.4. The highest BCUT2D eigenvalue weighted by Crippen LogP contribution is 2.41. The van der Waals surface area contributed by atoms with Gasteiger partial charge in [0.2, 0.25) is 0 Å². The summed E-state index contributed by atoms with van der Waals surface area (Å²) in [5.41, 5.74) is 4.95.